The molecule has 0 bridgehead atoms. The second-order valence-electron chi connectivity index (χ2n) is 15.1. The van der Waals surface area contributed by atoms with Crippen molar-refractivity contribution in [1.82, 2.24) is 0 Å². The fraction of sp³-hybridized carbons (Fsp3) is 0.636. The van der Waals surface area contributed by atoms with E-state index in [1.54, 1.807) is 14.2 Å². The molecule has 2 heterocycles. The van der Waals surface area contributed by atoms with Gasteiger partial charge in [-0.15, -0.1) is 0 Å². The summed E-state index contributed by atoms with van der Waals surface area (Å²) >= 11 is 0. The summed E-state index contributed by atoms with van der Waals surface area (Å²) in [5.41, 5.74) is 1.67. The van der Waals surface area contributed by atoms with Crippen LogP contribution in [0.3, 0.4) is 0 Å². The minimum Gasteiger partial charge on any atom is -0.497 e. The first-order valence-electron chi connectivity index (χ1n) is 14.7. The molecule has 2 aromatic rings. The second kappa shape index (κ2) is 11.9. The fourth-order valence-electron chi connectivity index (χ4n) is 4.54. The molecule has 0 amide bonds. The van der Waals surface area contributed by atoms with Crippen LogP contribution in [0.2, 0.25) is 0 Å². The fourth-order valence-corrected chi connectivity index (χ4v) is 7.61. The normalized spacial score (nSPS) is 20.6. The first-order chi connectivity index (χ1) is 19.7. The minimum atomic E-state index is -1.72. The van der Waals surface area contributed by atoms with Crippen LogP contribution in [0, 0.1) is 5.41 Å². The number of benzene rings is 2. The average Bonchev–Trinajstić information content (AvgIpc) is 3.09. The number of methoxy groups -OCH3 is 2. The molecule has 4 rings (SSSR count). The van der Waals surface area contributed by atoms with Crippen molar-refractivity contribution in [2.24, 2.45) is 5.41 Å². The highest BCUT2D eigenvalue weighted by molar-refractivity contribution is 7.42. The Bertz CT molecular complexity index is 1300. The van der Waals surface area contributed by atoms with E-state index >= 15 is 0 Å². The highest BCUT2D eigenvalue weighted by atomic mass is 31.2. The molecule has 2 fully saturated rings. The van der Waals surface area contributed by atoms with Crippen molar-refractivity contribution < 1.29 is 36.6 Å². The Balaban J connectivity index is 1.97. The molecule has 0 spiro atoms. The quantitative estimate of drug-likeness (QED) is 0.278. The van der Waals surface area contributed by atoms with Crippen LogP contribution >= 0.6 is 17.2 Å². The van der Waals surface area contributed by atoms with Crippen molar-refractivity contribution in [2.75, 3.05) is 27.4 Å². The topological polar surface area (TPSA) is 73.8 Å². The van der Waals surface area contributed by atoms with E-state index < -0.39 is 28.4 Å². The van der Waals surface area contributed by atoms with Crippen molar-refractivity contribution in [1.29, 1.82) is 0 Å². The molecule has 2 saturated heterocycles. The van der Waals surface area contributed by atoms with Gasteiger partial charge in [-0.1, -0.05) is 55.4 Å². The summed E-state index contributed by atoms with van der Waals surface area (Å²) in [5.74, 6) is 2.68. The van der Waals surface area contributed by atoms with E-state index in [1.807, 2.05) is 52.0 Å². The lowest BCUT2D eigenvalue weighted by Crippen LogP contribution is -2.41. The van der Waals surface area contributed by atoms with Gasteiger partial charge in [-0.2, -0.15) is 0 Å². The van der Waals surface area contributed by atoms with Crippen LogP contribution < -0.4 is 18.5 Å². The summed E-state index contributed by atoms with van der Waals surface area (Å²) in [4.78, 5) is 0. The van der Waals surface area contributed by atoms with Gasteiger partial charge in [0, 0.05) is 27.7 Å². The van der Waals surface area contributed by atoms with Gasteiger partial charge in [-0.25, -0.2) is 0 Å². The molecule has 240 valence electrons. The first-order valence-corrected chi connectivity index (χ1v) is 16.9. The molecule has 2 aromatic carbocycles. The Labute approximate surface area is 261 Å². The van der Waals surface area contributed by atoms with Gasteiger partial charge in [0.15, 0.2) is 0 Å². The summed E-state index contributed by atoms with van der Waals surface area (Å²) in [6.45, 7) is 26.3. The molecule has 8 nitrogen and oxygen atoms in total. The minimum absolute atomic E-state index is 0.0851. The maximum absolute atomic E-state index is 6.77. The molecular weight excluding hydrogens is 586 g/mol. The average molecular weight is 637 g/mol. The molecular formula is C33H50O8P2. The zero-order valence-corrected chi connectivity index (χ0v) is 30.2. The van der Waals surface area contributed by atoms with Crippen LogP contribution in [-0.4, -0.2) is 38.6 Å². The Morgan fingerprint density at radius 2 is 0.977 bits per heavy atom. The Hall–Kier alpha value is -1.66. The Morgan fingerprint density at radius 3 is 1.33 bits per heavy atom. The van der Waals surface area contributed by atoms with Crippen LogP contribution in [0.25, 0.3) is 11.1 Å². The number of hydrogen-bond acceptors (Lipinski definition) is 8. The molecule has 0 N–H and O–H groups in total. The zero-order valence-electron chi connectivity index (χ0n) is 28.4. The van der Waals surface area contributed by atoms with E-state index in [9.17, 15) is 0 Å². The van der Waals surface area contributed by atoms with Crippen molar-refractivity contribution in [3.05, 3.63) is 35.4 Å². The maximum atomic E-state index is 6.77. The monoisotopic (exact) mass is 636 g/mol. The SMILES string of the molecule is COc1cc(-c2cc(OC)cc(C(C)(C)C)c2OP2OC(C)(C)C(C)(C)O2)c(OP2OCC(C)(C)CO2)c(C(C)(C)C)c1. The van der Waals surface area contributed by atoms with Crippen LogP contribution in [0.5, 0.6) is 23.0 Å². The van der Waals surface area contributed by atoms with Gasteiger partial charge in [0.05, 0.1) is 27.4 Å². The van der Waals surface area contributed by atoms with E-state index in [4.69, 9.17) is 36.6 Å². The smallest absolute Gasteiger partial charge is 0.398 e. The molecule has 43 heavy (non-hydrogen) atoms. The van der Waals surface area contributed by atoms with Crippen molar-refractivity contribution >= 4 is 17.2 Å². The van der Waals surface area contributed by atoms with Crippen LogP contribution in [-0.2, 0) is 28.9 Å². The number of ether oxygens (including phenoxy) is 2. The number of hydrogen-bond donors (Lipinski definition) is 0. The predicted octanol–water partition coefficient (Wildman–Crippen LogP) is 9.85. The highest BCUT2D eigenvalue weighted by Gasteiger charge is 2.52. The van der Waals surface area contributed by atoms with E-state index in [2.05, 4.69) is 55.4 Å². The van der Waals surface area contributed by atoms with Gasteiger partial charge in [0.2, 0.25) is 0 Å². The van der Waals surface area contributed by atoms with Gasteiger partial charge < -0.3 is 27.6 Å². The van der Waals surface area contributed by atoms with Crippen LogP contribution in [0.15, 0.2) is 24.3 Å². The standard InChI is InChI=1S/C33H50O8P2/c1-29(2,3)25-17-21(34-13)15-23(27(25)38-42-36-19-31(7,8)20-37-42)24-16-22(35-14)18-26(30(4,5)6)28(24)39-43-40-32(9,10)33(11,12)41-43/h15-18H,19-20H2,1-14H3. The molecule has 2 aliphatic rings. The molecule has 0 saturated carbocycles. The zero-order chi connectivity index (χ0) is 32.2. The van der Waals surface area contributed by atoms with Crippen molar-refractivity contribution in [3.8, 4) is 34.1 Å². The van der Waals surface area contributed by atoms with Crippen molar-refractivity contribution in [3.63, 3.8) is 0 Å². The third-order valence-corrected chi connectivity index (χ3v) is 10.6. The molecule has 0 aromatic heterocycles. The summed E-state index contributed by atoms with van der Waals surface area (Å²) in [6.07, 6.45) is 0. The lowest BCUT2D eigenvalue weighted by atomic mass is 9.81. The van der Waals surface area contributed by atoms with E-state index in [0.717, 1.165) is 22.3 Å². The van der Waals surface area contributed by atoms with Gasteiger partial charge in [0.1, 0.15) is 34.2 Å². The number of rotatable bonds is 7. The molecule has 2 aliphatic heterocycles. The molecule has 10 heteroatoms. The lowest BCUT2D eigenvalue weighted by Gasteiger charge is -2.34. The van der Waals surface area contributed by atoms with E-state index in [0.29, 0.717) is 36.2 Å². The largest absolute Gasteiger partial charge is 0.497 e. The lowest BCUT2D eigenvalue weighted by molar-refractivity contribution is 0.00578. The first kappa shape index (κ1) is 34.2. The van der Waals surface area contributed by atoms with Gasteiger partial charge in [-0.05, 0) is 62.8 Å². The van der Waals surface area contributed by atoms with E-state index in [-0.39, 0.29) is 16.2 Å². The predicted molar refractivity (Wildman–Crippen MR) is 173 cm³/mol. The van der Waals surface area contributed by atoms with E-state index in [1.165, 1.54) is 0 Å². The second-order valence-corrected chi connectivity index (χ2v) is 17.3. The van der Waals surface area contributed by atoms with Gasteiger partial charge in [0.25, 0.3) is 0 Å². The molecule has 0 unspecified atom stereocenters. The molecule has 0 radical (unpaired) electrons. The summed E-state index contributed by atoms with van der Waals surface area (Å²) in [7, 11) is -0.0172. The summed E-state index contributed by atoms with van der Waals surface area (Å²) < 4.78 is 50.1. The molecule has 0 atom stereocenters. The maximum Gasteiger partial charge on any atom is 0.398 e. The van der Waals surface area contributed by atoms with Gasteiger partial charge >= 0.3 is 17.2 Å². The Morgan fingerprint density at radius 1 is 0.605 bits per heavy atom. The highest BCUT2D eigenvalue weighted by Crippen LogP contribution is 2.61. The third-order valence-electron chi connectivity index (χ3n) is 8.01. The summed E-state index contributed by atoms with van der Waals surface area (Å²) in [6, 6.07) is 7.98. The molecule has 0 aliphatic carbocycles. The van der Waals surface area contributed by atoms with Gasteiger partial charge in [-0.3, -0.25) is 9.05 Å². The van der Waals surface area contributed by atoms with Crippen molar-refractivity contribution in [2.45, 2.75) is 105 Å². The van der Waals surface area contributed by atoms with Crippen LogP contribution in [0.4, 0.5) is 0 Å². The Kier molecular flexibility index (Phi) is 9.49. The van der Waals surface area contributed by atoms with Crippen LogP contribution in [0.1, 0.15) is 94.2 Å². The summed E-state index contributed by atoms with van der Waals surface area (Å²) in [5, 5.41) is 0. The third kappa shape index (κ3) is 7.43.